The Balaban J connectivity index is 0.000000157. The van der Waals surface area contributed by atoms with Crippen LogP contribution >= 0.6 is 31.9 Å². The topological polar surface area (TPSA) is 54.1 Å². The zero-order valence-electron chi connectivity index (χ0n) is 26.1. The van der Waals surface area contributed by atoms with Gasteiger partial charge in [-0.15, -0.1) is 26.3 Å². The SMILES string of the molecule is Cn1nc(-c2ccc(OC(F)(F)F)cc2)c2c1-c1ccc(Br)cc1C2.Cn1nc2c(c1-c1ccc(OC(F)(F)F)cc1)Cc1cc(Br)ccc1-2. The maximum atomic E-state index is 12.3. The molecule has 256 valence electrons. The van der Waals surface area contributed by atoms with E-state index in [1.165, 1.54) is 35.4 Å². The number of nitrogens with zero attached hydrogens (tertiary/aromatic N) is 4. The van der Waals surface area contributed by atoms with E-state index in [9.17, 15) is 26.3 Å². The van der Waals surface area contributed by atoms with Crippen LogP contribution in [-0.4, -0.2) is 32.3 Å². The third-order valence-electron chi connectivity index (χ3n) is 8.39. The molecule has 4 aromatic carbocycles. The Labute approximate surface area is 298 Å². The van der Waals surface area contributed by atoms with E-state index in [0.29, 0.717) is 0 Å². The van der Waals surface area contributed by atoms with Crippen LogP contribution in [-0.2, 0) is 26.9 Å². The molecule has 8 rings (SSSR count). The number of hydrogen-bond donors (Lipinski definition) is 0. The molecule has 0 aliphatic heterocycles. The number of ether oxygens (including phenoxy) is 2. The van der Waals surface area contributed by atoms with Crippen LogP contribution in [0.15, 0.2) is 93.9 Å². The van der Waals surface area contributed by atoms with Crippen molar-refractivity contribution in [1.82, 2.24) is 19.6 Å². The van der Waals surface area contributed by atoms with Gasteiger partial charge in [-0.2, -0.15) is 10.2 Å². The number of hydrogen-bond acceptors (Lipinski definition) is 4. The molecule has 0 spiro atoms. The zero-order chi connectivity index (χ0) is 35.5. The fourth-order valence-electron chi connectivity index (χ4n) is 6.51. The number of halogens is 8. The fraction of sp³-hybridized carbons (Fsp3) is 0.167. The highest BCUT2D eigenvalue weighted by molar-refractivity contribution is 9.10. The highest BCUT2D eigenvalue weighted by Crippen LogP contribution is 2.44. The molecule has 0 fully saturated rings. The van der Waals surface area contributed by atoms with Crippen molar-refractivity contribution in [2.45, 2.75) is 25.6 Å². The van der Waals surface area contributed by atoms with Crippen molar-refractivity contribution >= 4 is 31.9 Å². The van der Waals surface area contributed by atoms with E-state index < -0.39 is 12.7 Å². The predicted octanol–water partition coefficient (Wildman–Crippen LogP) is 10.6. The summed E-state index contributed by atoms with van der Waals surface area (Å²) in [6.07, 6.45) is -7.89. The Hall–Kier alpha value is -4.56. The molecule has 0 amide bonds. The van der Waals surface area contributed by atoms with Gasteiger partial charge >= 0.3 is 12.7 Å². The number of benzene rings is 4. The maximum absolute atomic E-state index is 12.3. The Morgan fingerprint density at radius 1 is 0.560 bits per heavy atom. The lowest BCUT2D eigenvalue weighted by Gasteiger charge is -2.10. The van der Waals surface area contributed by atoms with Crippen LogP contribution in [0.25, 0.3) is 45.0 Å². The molecule has 2 aromatic heterocycles. The monoisotopic (exact) mass is 816 g/mol. The predicted molar refractivity (Wildman–Crippen MR) is 183 cm³/mol. The van der Waals surface area contributed by atoms with Crippen LogP contribution in [0.5, 0.6) is 11.5 Å². The van der Waals surface area contributed by atoms with Crippen LogP contribution in [0.1, 0.15) is 22.3 Å². The van der Waals surface area contributed by atoms with Crippen molar-refractivity contribution in [3.8, 4) is 56.5 Å². The van der Waals surface area contributed by atoms with Crippen LogP contribution in [0.2, 0.25) is 0 Å². The van der Waals surface area contributed by atoms with E-state index in [-0.39, 0.29) is 11.5 Å². The number of alkyl halides is 6. The first-order valence-corrected chi connectivity index (χ1v) is 16.6. The maximum Gasteiger partial charge on any atom is 0.573 e. The average Bonchev–Trinajstić information content (AvgIpc) is 3.75. The molecular formula is C36H24Br2F6N4O2. The summed E-state index contributed by atoms with van der Waals surface area (Å²) in [7, 11) is 3.72. The number of aryl methyl sites for hydroxylation is 2. The number of aromatic nitrogens is 4. The molecule has 0 atom stereocenters. The summed E-state index contributed by atoms with van der Waals surface area (Å²) in [4.78, 5) is 0. The van der Waals surface area contributed by atoms with Gasteiger partial charge in [-0.1, -0.05) is 44.0 Å². The van der Waals surface area contributed by atoms with E-state index in [2.05, 4.69) is 69.7 Å². The summed E-state index contributed by atoms with van der Waals surface area (Å²) >= 11 is 6.96. The second-order valence-corrected chi connectivity index (χ2v) is 13.5. The average molecular weight is 818 g/mol. The van der Waals surface area contributed by atoms with E-state index in [0.717, 1.165) is 77.9 Å². The second-order valence-electron chi connectivity index (χ2n) is 11.7. The second kappa shape index (κ2) is 12.6. The Morgan fingerprint density at radius 2 is 1.00 bits per heavy atom. The van der Waals surface area contributed by atoms with Gasteiger partial charge in [-0.05, 0) is 83.9 Å². The molecule has 0 unspecified atom stereocenters. The minimum atomic E-state index is -4.69. The minimum absolute atomic E-state index is 0.234. The molecule has 6 nitrogen and oxygen atoms in total. The first-order chi connectivity index (χ1) is 23.6. The number of fused-ring (bicyclic) bond motifs is 6. The standard InChI is InChI=1S/2C18H12BrF3N2O/c1-24-17(10-2-5-13(6-3-10)25-18(20,21)22)15-9-11-8-12(19)4-7-14(11)16(15)23-24;1-24-17-14-7-4-12(19)8-11(14)9-15(17)16(23-24)10-2-5-13(6-3-10)25-18(20,21)22/h2*2-8H,9H2,1H3. The fourth-order valence-corrected chi connectivity index (χ4v) is 7.32. The van der Waals surface area contributed by atoms with Crippen LogP contribution < -0.4 is 9.47 Å². The van der Waals surface area contributed by atoms with Crippen molar-refractivity contribution < 1.29 is 35.8 Å². The zero-order valence-corrected chi connectivity index (χ0v) is 29.3. The van der Waals surface area contributed by atoms with Crippen molar-refractivity contribution in [1.29, 1.82) is 0 Å². The molecular weight excluding hydrogens is 794 g/mol. The van der Waals surface area contributed by atoms with Crippen LogP contribution in [0, 0.1) is 0 Å². The smallest absolute Gasteiger partial charge is 0.406 e. The normalized spacial score (nSPS) is 12.8. The summed E-state index contributed by atoms with van der Waals surface area (Å²) in [5.74, 6) is -0.474. The van der Waals surface area contributed by atoms with E-state index in [1.807, 2.05) is 37.0 Å². The molecule has 0 saturated heterocycles. The first kappa shape index (κ1) is 33.9. The highest BCUT2D eigenvalue weighted by Gasteiger charge is 2.33. The molecule has 0 bridgehead atoms. The minimum Gasteiger partial charge on any atom is -0.406 e. The third kappa shape index (κ3) is 6.78. The van der Waals surface area contributed by atoms with Gasteiger partial charge in [-0.3, -0.25) is 9.36 Å². The van der Waals surface area contributed by atoms with Gasteiger partial charge in [0.05, 0.1) is 22.8 Å². The van der Waals surface area contributed by atoms with E-state index in [4.69, 9.17) is 0 Å². The van der Waals surface area contributed by atoms with Gasteiger partial charge in [0, 0.05) is 69.3 Å². The highest BCUT2D eigenvalue weighted by atomic mass is 79.9. The van der Waals surface area contributed by atoms with Crippen molar-refractivity contribution in [3.63, 3.8) is 0 Å². The summed E-state index contributed by atoms with van der Waals surface area (Å²) in [5, 5.41) is 9.18. The Bertz CT molecular complexity index is 2240. The van der Waals surface area contributed by atoms with Gasteiger partial charge in [0.15, 0.2) is 0 Å². The van der Waals surface area contributed by atoms with Crippen LogP contribution in [0.4, 0.5) is 26.3 Å². The third-order valence-corrected chi connectivity index (χ3v) is 9.38. The van der Waals surface area contributed by atoms with Crippen molar-refractivity contribution in [2.75, 3.05) is 0 Å². The van der Waals surface area contributed by atoms with E-state index >= 15 is 0 Å². The molecule has 0 N–H and O–H groups in total. The van der Waals surface area contributed by atoms with Crippen molar-refractivity contribution in [3.05, 3.63) is 116 Å². The lowest BCUT2D eigenvalue weighted by Crippen LogP contribution is -2.17. The molecule has 2 heterocycles. The molecule has 0 saturated carbocycles. The summed E-state index contributed by atoms with van der Waals surface area (Å²) < 4.78 is 87.3. The molecule has 6 aromatic rings. The Kier molecular flexibility index (Phi) is 8.58. The van der Waals surface area contributed by atoms with Crippen molar-refractivity contribution in [2.24, 2.45) is 14.1 Å². The molecule has 50 heavy (non-hydrogen) atoms. The lowest BCUT2D eigenvalue weighted by molar-refractivity contribution is -0.275. The van der Waals surface area contributed by atoms with Gasteiger partial charge in [0.2, 0.25) is 0 Å². The van der Waals surface area contributed by atoms with E-state index in [1.54, 1.807) is 28.9 Å². The Morgan fingerprint density at radius 3 is 1.54 bits per heavy atom. The van der Waals surface area contributed by atoms with Gasteiger partial charge in [0.25, 0.3) is 0 Å². The summed E-state index contributed by atoms with van der Waals surface area (Å²) in [5.41, 5.74) is 12.0. The lowest BCUT2D eigenvalue weighted by atomic mass is 10.1. The van der Waals surface area contributed by atoms with Gasteiger partial charge < -0.3 is 9.47 Å². The van der Waals surface area contributed by atoms with Gasteiger partial charge in [0.1, 0.15) is 11.5 Å². The molecule has 14 heteroatoms. The first-order valence-electron chi connectivity index (χ1n) is 15.1. The number of rotatable bonds is 4. The molecule has 2 aliphatic carbocycles. The largest absolute Gasteiger partial charge is 0.573 e. The quantitative estimate of drug-likeness (QED) is 0.166. The summed E-state index contributed by atoms with van der Waals surface area (Å²) in [6, 6.07) is 23.9. The van der Waals surface area contributed by atoms with Crippen LogP contribution in [0.3, 0.4) is 0 Å². The summed E-state index contributed by atoms with van der Waals surface area (Å²) in [6.45, 7) is 0. The molecule has 0 radical (unpaired) electrons. The molecule has 2 aliphatic rings. The van der Waals surface area contributed by atoms with Gasteiger partial charge in [-0.25, -0.2) is 0 Å².